The maximum Gasteiger partial charge on any atom is 0.425 e. The monoisotopic (exact) mass is 953 g/mol. The average molecular weight is 954 g/mol. The normalized spacial score (nSPS) is 11.2. The van der Waals surface area contributed by atoms with Crippen LogP contribution in [0.5, 0.6) is 0 Å². The van der Waals surface area contributed by atoms with Gasteiger partial charge in [-0.2, -0.15) is 27.1 Å². The standard InChI is InChI=1S/C37H31N9O8S2.2O3S/c1-22-2-5-24(6-3-22)40-25-7-11-27(12-8-25)42-44-34-18-23(4-16-31(34)38)30-20-35(32(39)21-36(30)55(49,50)51)45-43-28-13-9-26(10-14-28)41-33-17-15-29(46(47)48)19-37(33)56(52,53)54;2*1-4(2)3/h2-21,40-41H,38-39H2,1H3,(H,49,50,51)(H,52,53,54);;. The molecular formula is C37H31N9O14S4. The number of azo groups is 2. The van der Waals surface area contributed by atoms with Crippen molar-refractivity contribution in [1.29, 1.82) is 0 Å². The Balaban J connectivity index is 0.00000104. The van der Waals surface area contributed by atoms with Crippen molar-refractivity contribution in [1.82, 2.24) is 0 Å². The van der Waals surface area contributed by atoms with E-state index in [1.54, 1.807) is 12.1 Å². The Morgan fingerprint density at radius 3 is 1.48 bits per heavy atom. The molecule has 0 bridgehead atoms. The van der Waals surface area contributed by atoms with Crippen LogP contribution in [0.15, 0.2) is 152 Å². The number of hydrogen-bond acceptors (Lipinski definition) is 20. The Labute approximate surface area is 366 Å². The highest BCUT2D eigenvalue weighted by molar-refractivity contribution is 7.86. The molecule has 64 heavy (non-hydrogen) atoms. The third-order valence-corrected chi connectivity index (χ3v) is 9.89. The SMILES string of the molecule is Cc1ccc(Nc2ccc(N=Nc3cc(-c4cc(N=Nc5ccc(Nc6ccc([N+](=O)[O-])cc6S(=O)(=O)O)cc5)c(N)cc4S(=O)(=O)O)ccc3N)cc2)cc1.O=S(=O)=O.O=S(=O)=O. The average Bonchev–Trinajstić information content (AvgIpc) is 3.21. The first-order chi connectivity index (χ1) is 30.0. The van der Waals surface area contributed by atoms with E-state index in [0.29, 0.717) is 22.6 Å². The smallest absolute Gasteiger partial charge is 0.397 e. The van der Waals surface area contributed by atoms with E-state index >= 15 is 0 Å². The fourth-order valence-electron chi connectivity index (χ4n) is 5.25. The fraction of sp³-hybridized carbons (Fsp3) is 0.0270. The summed E-state index contributed by atoms with van der Waals surface area (Å²) in [6.07, 6.45) is 0. The van der Waals surface area contributed by atoms with Gasteiger partial charge in [0.2, 0.25) is 0 Å². The number of benzene rings is 6. The van der Waals surface area contributed by atoms with Crippen molar-refractivity contribution < 1.29 is 56.1 Å². The van der Waals surface area contributed by atoms with Gasteiger partial charge < -0.3 is 22.1 Å². The number of anilines is 6. The molecule has 0 atom stereocenters. The van der Waals surface area contributed by atoms with Crippen LogP contribution in [-0.2, 0) is 41.5 Å². The Morgan fingerprint density at radius 2 is 1.02 bits per heavy atom. The molecule has 6 rings (SSSR count). The molecule has 0 unspecified atom stereocenters. The lowest BCUT2D eigenvalue weighted by atomic mass is 10.0. The summed E-state index contributed by atoms with van der Waals surface area (Å²) in [5.41, 5.74) is 16.5. The number of nitrogens with two attached hydrogens (primary N) is 2. The van der Waals surface area contributed by atoms with Gasteiger partial charge in [0.15, 0.2) is 0 Å². The lowest BCUT2D eigenvalue weighted by Crippen LogP contribution is -2.04. The zero-order chi connectivity index (χ0) is 47.4. The van der Waals surface area contributed by atoms with E-state index in [2.05, 4.69) is 31.1 Å². The van der Waals surface area contributed by atoms with E-state index in [0.717, 1.165) is 41.2 Å². The second kappa shape index (κ2) is 21.3. The van der Waals surface area contributed by atoms with E-state index in [1.807, 2.05) is 43.3 Å². The summed E-state index contributed by atoms with van der Waals surface area (Å²) in [5.74, 6) is 0. The maximum atomic E-state index is 12.5. The molecule has 27 heteroatoms. The lowest BCUT2D eigenvalue weighted by molar-refractivity contribution is -0.385. The van der Waals surface area contributed by atoms with Gasteiger partial charge in [0.25, 0.3) is 25.9 Å². The van der Waals surface area contributed by atoms with Gasteiger partial charge in [0.05, 0.1) is 33.4 Å². The minimum Gasteiger partial charge on any atom is -0.397 e. The Bertz CT molecular complexity index is 3190. The van der Waals surface area contributed by atoms with Gasteiger partial charge in [-0.1, -0.05) is 23.8 Å². The molecule has 0 amide bonds. The molecule has 23 nitrogen and oxygen atoms in total. The molecule has 0 aromatic heterocycles. The van der Waals surface area contributed by atoms with Crippen LogP contribution >= 0.6 is 0 Å². The zero-order valence-electron chi connectivity index (χ0n) is 32.4. The molecule has 6 aromatic rings. The Kier molecular flexibility index (Phi) is 16.3. The van der Waals surface area contributed by atoms with Gasteiger partial charge in [0.1, 0.15) is 21.2 Å². The van der Waals surface area contributed by atoms with Crippen LogP contribution in [0.25, 0.3) is 11.1 Å². The minimum absolute atomic E-state index is 0.0240. The second-order valence-corrected chi connectivity index (χ2v) is 16.2. The van der Waals surface area contributed by atoms with Crippen molar-refractivity contribution in [2.45, 2.75) is 16.7 Å². The van der Waals surface area contributed by atoms with Crippen molar-refractivity contribution in [3.63, 3.8) is 0 Å². The van der Waals surface area contributed by atoms with Gasteiger partial charge >= 0.3 is 21.2 Å². The molecule has 0 fully saturated rings. The van der Waals surface area contributed by atoms with Crippen molar-refractivity contribution >= 4 is 104 Å². The molecule has 0 aliphatic heterocycles. The van der Waals surface area contributed by atoms with E-state index < -0.39 is 61.9 Å². The molecule has 0 radical (unpaired) electrons. The number of nitro groups is 1. The number of nitrogens with one attached hydrogen (secondary N) is 2. The Morgan fingerprint density at radius 1 is 0.562 bits per heavy atom. The third-order valence-electron chi connectivity index (χ3n) is 8.10. The number of rotatable bonds is 12. The summed E-state index contributed by atoms with van der Waals surface area (Å²) < 4.78 is 119. The molecule has 0 heterocycles. The summed E-state index contributed by atoms with van der Waals surface area (Å²) in [6.45, 7) is 2.01. The molecule has 8 N–H and O–H groups in total. The van der Waals surface area contributed by atoms with Gasteiger partial charge in [-0.25, -0.2) is 0 Å². The van der Waals surface area contributed by atoms with Gasteiger partial charge in [-0.05, 0) is 103 Å². The topological polar surface area (TPSA) is 380 Å². The molecule has 0 aliphatic carbocycles. The van der Waals surface area contributed by atoms with Crippen LogP contribution in [-0.4, -0.2) is 56.1 Å². The van der Waals surface area contributed by atoms with Crippen LogP contribution < -0.4 is 22.1 Å². The first kappa shape index (κ1) is 48.8. The van der Waals surface area contributed by atoms with Gasteiger partial charge in [-0.15, -0.1) is 35.5 Å². The predicted molar refractivity (Wildman–Crippen MR) is 232 cm³/mol. The first-order valence-electron chi connectivity index (χ1n) is 17.2. The minimum atomic E-state index is -4.81. The highest BCUT2D eigenvalue weighted by Crippen LogP contribution is 2.39. The number of aryl methyl sites for hydroxylation is 1. The summed E-state index contributed by atoms with van der Waals surface area (Å²) in [4.78, 5) is 9.12. The van der Waals surface area contributed by atoms with Crippen molar-refractivity contribution in [3.8, 4) is 11.1 Å². The third kappa shape index (κ3) is 14.7. The van der Waals surface area contributed by atoms with E-state index in [-0.39, 0.29) is 34.0 Å². The van der Waals surface area contributed by atoms with Crippen molar-refractivity contribution in [3.05, 3.63) is 137 Å². The van der Waals surface area contributed by atoms with E-state index in [1.165, 1.54) is 48.5 Å². The number of hydrogen-bond donors (Lipinski definition) is 6. The zero-order valence-corrected chi connectivity index (χ0v) is 35.6. The number of nitrogen functional groups attached to an aromatic ring is 2. The summed E-state index contributed by atoms with van der Waals surface area (Å²) in [6, 6.07) is 31.0. The van der Waals surface area contributed by atoms with Crippen LogP contribution in [0.1, 0.15) is 5.56 Å². The Hall–Kier alpha value is -7.82. The van der Waals surface area contributed by atoms with Crippen LogP contribution in [0.4, 0.5) is 62.6 Å². The fourth-order valence-corrected chi connectivity index (χ4v) is 6.65. The molecule has 6 aromatic carbocycles. The molecule has 0 saturated carbocycles. The predicted octanol–water partition coefficient (Wildman–Crippen LogP) is 7.54. The second-order valence-electron chi connectivity index (χ2n) is 12.6. The lowest BCUT2D eigenvalue weighted by Gasteiger charge is -2.12. The van der Waals surface area contributed by atoms with Crippen molar-refractivity contribution in [2.75, 3.05) is 22.1 Å². The van der Waals surface area contributed by atoms with Crippen LogP contribution in [0.2, 0.25) is 0 Å². The summed E-state index contributed by atoms with van der Waals surface area (Å²) in [5, 5.41) is 34.1. The van der Waals surface area contributed by atoms with E-state index in [9.17, 15) is 36.1 Å². The first-order valence-corrected chi connectivity index (χ1v) is 22.1. The van der Waals surface area contributed by atoms with Crippen molar-refractivity contribution in [2.24, 2.45) is 20.5 Å². The van der Waals surface area contributed by atoms with Gasteiger partial charge in [-0.3, -0.25) is 19.2 Å². The van der Waals surface area contributed by atoms with Gasteiger partial charge in [0, 0.05) is 34.8 Å². The highest BCUT2D eigenvalue weighted by Gasteiger charge is 2.22. The van der Waals surface area contributed by atoms with Crippen LogP contribution in [0, 0.1) is 17.0 Å². The number of nitro benzene ring substituents is 1. The van der Waals surface area contributed by atoms with Crippen LogP contribution in [0.3, 0.4) is 0 Å². The largest absolute Gasteiger partial charge is 0.425 e. The maximum absolute atomic E-state index is 12.5. The summed E-state index contributed by atoms with van der Waals surface area (Å²) in [7, 11) is -15.8. The molecule has 332 valence electrons. The molecule has 0 saturated heterocycles. The summed E-state index contributed by atoms with van der Waals surface area (Å²) >= 11 is 0. The van der Waals surface area contributed by atoms with E-state index in [4.69, 9.17) is 36.7 Å². The quantitative estimate of drug-likeness (QED) is 0.0227. The highest BCUT2D eigenvalue weighted by atomic mass is 32.2. The molecule has 0 spiro atoms. The number of nitrogens with zero attached hydrogens (tertiary/aromatic N) is 5. The number of non-ortho nitro benzene ring substituents is 1. The molecular weight excluding hydrogens is 923 g/mol. The molecule has 0 aliphatic rings.